The first kappa shape index (κ1) is 17.3. The van der Waals surface area contributed by atoms with E-state index in [4.69, 9.17) is 9.47 Å². The van der Waals surface area contributed by atoms with E-state index in [0.29, 0.717) is 5.71 Å². The Morgan fingerprint density at radius 2 is 1.75 bits per heavy atom. The Morgan fingerprint density at radius 1 is 1.04 bits per heavy atom. The highest BCUT2D eigenvalue weighted by molar-refractivity contribution is 5.99. The number of benzene rings is 2. The largest absolute Gasteiger partial charge is 0.497 e. The van der Waals surface area contributed by atoms with Crippen LogP contribution in [0.5, 0.6) is 11.5 Å². The lowest BCUT2D eigenvalue weighted by molar-refractivity contribution is -0.119. The Morgan fingerprint density at radius 3 is 2.42 bits per heavy atom. The van der Waals surface area contributed by atoms with Crippen molar-refractivity contribution in [2.75, 3.05) is 26.1 Å². The van der Waals surface area contributed by atoms with Crippen LogP contribution in [0.1, 0.15) is 12.5 Å². The number of ether oxygens (including phenoxy) is 2. The second-order valence-electron chi connectivity index (χ2n) is 5.05. The number of nitrogens with zero attached hydrogens (tertiary/aromatic N) is 1. The molecule has 2 rings (SSSR count). The van der Waals surface area contributed by atoms with Gasteiger partial charge in [0, 0.05) is 11.8 Å². The molecule has 0 heterocycles. The molecule has 0 atom stereocenters. The number of carbonyl (C=O) groups is 1. The normalized spacial score (nSPS) is 10.9. The molecule has 6 heteroatoms. The molecule has 6 nitrogen and oxygen atoms in total. The van der Waals surface area contributed by atoms with Crippen LogP contribution in [-0.2, 0) is 4.79 Å². The van der Waals surface area contributed by atoms with Crippen molar-refractivity contribution in [2.45, 2.75) is 6.92 Å². The van der Waals surface area contributed by atoms with Crippen LogP contribution in [0.3, 0.4) is 0 Å². The summed E-state index contributed by atoms with van der Waals surface area (Å²) in [5.41, 5.74) is 4.97. The number of hydrogen-bond donors (Lipinski definition) is 2. The van der Waals surface area contributed by atoms with E-state index in [0.717, 1.165) is 22.7 Å². The van der Waals surface area contributed by atoms with Crippen LogP contribution in [0.4, 0.5) is 5.69 Å². The van der Waals surface area contributed by atoms with Crippen molar-refractivity contribution in [1.82, 2.24) is 5.43 Å². The second kappa shape index (κ2) is 8.57. The zero-order chi connectivity index (χ0) is 17.4. The van der Waals surface area contributed by atoms with Gasteiger partial charge in [-0.1, -0.05) is 6.07 Å². The fraction of sp³-hybridized carbons (Fsp3) is 0.222. The Kier molecular flexibility index (Phi) is 6.19. The van der Waals surface area contributed by atoms with Crippen LogP contribution in [0.25, 0.3) is 0 Å². The van der Waals surface area contributed by atoms with Gasteiger partial charge in [-0.15, -0.1) is 0 Å². The molecule has 0 aliphatic carbocycles. The van der Waals surface area contributed by atoms with Crippen molar-refractivity contribution < 1.29 is 14.3 Å². The fourth-order valence-electron chi connectivity index (χ4n) is 2.00. The zero-order valence-electron chi connectivity index (χ0n) is 14.0. The summed E-state index contributed by atoms with van der Waals surface area (Å²) in [6.07, 6.45) is 0. The van der Waals surface area contributed by atoms with E-state index in [-0.39, 0.29) is 12.5 Å². The van der Waals surface area contributed by atoms with Crippen molar-refractivity contribution in [1.29, 1.82) is 0 Å². The van der Waals surface area contributed by atoms with E-state index in [1.165, 1.54) is 0 Å². The number of hydrogen-bond acceptors (Lipinski definition) is 5. The Labute approximate surface area is 141 Å². The average molecular weight is 327 g/mol. The third-order valence-corrected chi connectivity index (χ3v) is 3.38. The maximum Gasteiger partial charge on any atom is 0.259 e. The lowest BCUT2D eigenvalue weighted by atomic mass is 10.1. The van der Waals surface area contributed by atoms with Crippen LogP contribution >= 0.6 is 0 Å². The third kappa shape index (κ3) is 5.01. The quantitative estimate of drug-likeness (QED) is 0.606. The van der Waals surface area contributed by atoms with E-state index in [9.17, 15) is 4.79 Å². The van der Waals surface area contributed by atoms with Crippen molar-refractivity contribution in [3.63, 3.8) is 0 Å². The maximum atomic E-state index is 11.9. The molecule has 0 saturated carbocycles. The summed E-state index contributed by atoms with van der Waals surface area (Å²) in [5.74, 6) is 1.28. The number of hydrazone groups is 1. The van der Waals surface area contributed by atoms with Gasteiger partial charge in [0.05, 0.1) is 26.5 Å². The Balaban J connectivity index is 1.86. The number of rotatable bonds is 7. The smallest absolute Gasteiger partial charge is 0.259 e. The van der Waals surface area contributed by atoms with Crippen molar-refractivity contribution in [3.05, 3.63) is 54.1 Å². The lowest BCUT2D eigenvalue weighted by Gasteiger charge is -2.08. The molecule has 126 valence electrons. The number of carbonyl (C=O) groups excluding carboxylic acids is 1. The molecular weight excluding hydrogens is 306 g/mol. The van der Waals surface area contributed by atoms with Crippen LogP contribution in [0.15, 0.2) is 53.6 Å². The topological polar surface area (TPSA) is 72.0 Å². The van der Waals surface area contributed by atoms with E-state index >= 15 is 0 Å². The third-order valence-electron chi connectivity index (χ3n) is 3.38. The molecule has 2 N–H and O–H groups in total. The molecule has 0 radical (unpaired) electrons. The SMILES string of the molecule is COc1ccc(/C(C)=N\NC(=O)CNc2cccc(OC)c2)cc1. The molecule has 0 saturated heterocycles. The Hall–Kier alpha value is -3.02. The molecule has 0 bridgehead atoms. The average Bonchev–Trinajstić information content (AvgIpc) is 2.64. The second-order valence-corrected chi connectivity index (χ2v) is 5.05. The molecule has 2 aromatic carbocycles. The van der Waals surface area contributed by atoms with Crippen LogP contribution in [-0.4, -0.2) is 32.4 Å². The lowest BCUT2D eigenvalue weighted by Crippen LogP contribution is -2.26. The minimum absolute atomic E-state index is 0.118. The summed E-state index contributed by atoms with van der Waals surface area (Å²) in [4.78, 5) is 11.9. The summed E-state index contributed by atoms with van der Waals surface area (Å²) in [7, 11) is 3.22. The molecule has 0 aliphatic rings. The van der Waals surface area contributed by atoms with Gasteiger partial charge in [0.25, 0.3) is 5.91 Å². The molecular formula is C18H21N3O3. The van der Waals surface area contributed by atoms with Gasteiger partial charge in [-0.3, -0.25) is 4.79 Å². The van der Waals surface area contributed by atoms with Crippen molar-refractivity contribution >= 4 is 17.3 Å². The van der Waals surface area contributed by atoms with E-state index in [1.54, 1.807) is 14.2 Å². The molecule has 0 spiro atoms. The summed E-state index contributed by atoms with van der Waals surface area (Å²) in [6, 6.07) is 14.8. The minimum atomic E-state index is -0.231. The van der Waals surface area contributed by atoms with Gasteiger partial charge in [-0.05, 0) is 48.9 Å². The highest BCUT2D eigenvalue weighted by atomic mass is 16.5. The van der Waals surface area contributed by atoms with E-state index in [1.807, 2.05) is 55.5 Å². The molecule has 0 aromatic heterocycles. The fourth-order valence-corrected chi connectivity index (χ4v) is 2.00. The van der Waals surface area contributed by atoms with Crippen LogP contribution in [0.2, 0.25) is 0 Å². The Bertz CT molecular complexity index is 712. The van der Waals surface area contributed by atoms with Gasteiger partial charge in [-0.25, -0.2) is 5.43 Å². The van der Waals surface area contributed by atoms with Crippen LogP contribution < -0.4 is 20.2 Å². The standard InChI is InChI=1S/C18H21N3O3/c1-13(14-7-9-16(23-2)10-8-14)20-21-18(22)12-19-15-5-4-6-17(11-15)24-3/h4-11,19H,12H2,1-3H3,(H,21,22)/b20-13-. The van der Waals surface area contributed by atoms with Gasteiger partial charge >= 0.3 is 0 Å². The van der Waals surface area contributed by atoms with E-state index in [2.05, 4.69) is 15.8 Å². The first-order valence-electron chi connectivity index (χ1n) is 7.48. The zero-order valence-corrected chi connectivity index (χ0v) is 14.0. The first-order valence-corrected chi connectivity index (χ1v) is 7.48. The number of nitrogens with one attached hydrogen (secondary N) is 2. The maximum absolute atomic E-state index is 11.9. The summed E-state index contributed by atoms with van der Waals surface area (Å²) < 4.78 is 10.2. The summed E-state index contributed by atoms with van der Waals surface area (Å²) >= 11 is 0. The first-order chi connectivity index (χ1) is 11.6. The monoisotopic (exact) mass is 327 g/mol. The van der Waals surface area contributed by atoms with Crippen LogP contribution in [0, 0.1) is 0 Å². The van der Waals surface area contributed by atoms with Gasteiger partial charge in [-0.2, -0.15) is 5.10 Å². The molecule has 0 aliphatic heterocycles. The number of amides is 1. The van der Waals surface area contributed by atoms with Gasteiger partial charge < -0.3 is 14.8 Å². The highest BCUT2D eigenvalue weighted by Gasteiger charge is 2.03. The number of methoxy groups -OCH3 is 2. The molecule has 0 unspecified atom stereocenters. The van der Waals surface area contributed by atoms with Crippen molar-refractivity contribution in [2.24, 2.45) is 5.10 Å². The minimum Gasteiger partial charge on any atom is -0.497 e. The predicted octanol–water partition coefficient (Wildman–Crippen LogP) is 2.66. The molecule has 24 heavy (non-hydrogen) atoms. The van der Waals surface area contributed by atoms with Gasteiger partial charge in [0.2, 0.25) is 0 Å². The molecule has 0 fully saturated rings. The highest BCUT2D eigenvalue weighted by Crippen LogP contribution is 2.16. The van der Waals surface area contributed by atoms with Gasteiger partial charge in [0.1, 0.15) is 11.5 Å². The molecule has 2 aromatic rings. The predicted molar refractivity (Wildman–Crippen MR) is 94.8 cm³/mol. The molecule has 1 amide bonds. The van der Waals surface area contributed by atoms with E-state index < -0.39 is 0 Å². The number of anilines is 1. The summed E-state index contributed by atoms with van der Waals surface area (Å²) in [5, 5.41) is 7.13. The van der Waals surface area contributed by atoms with Gasteiger partial charge in [0.15, 0.2) is 0 Å². The summed E-state index contributed by atoms with van der Waals surface area (Å²) in [6.45, 7) is 1.95. The van der Waals surface area contributed by atoms with Crippen molar-refractivity contribution in [3.8, 4) is 11.5 Å².